The maximum absolute atomic E-state index is 3.52. The predicted molar refractivity (Wildman–Crippen MR) is 88.4 cm³/mol. The van der Waals surface area contributed by atoms with Crippen LogP contribution < -0.4 is 5.32 Å². The minimum atomic E-state index is 1.02. The third kappa shape index (κ3) is 5.45. The highest BCUT2D eigenvalue weighted by molar-refractivity contribution is 7.09. The highest BCUT2D eigenvalue weighted by Crippen LogP contribution is 2.08. The van der Waals surface area contributed by atoms with Crippen LogP contribution in [0.3, 0.4) is 0 Å². The molecule has 0 bridgehead atoms. The van der Waals surface area contributed by atoms with Gasteiger partial charge in [0.1, 0.15) is 0 Å². The van der Waals surface area contributed by atoms with Gasteiger partial charge in [-0.3, -0.25) is 0 Å². The molecule has 0 aliphatic heterocycles. The van der Waals surface area contributed by atoms with E-state index >= 15 is 0 Å². The lowest BCUT2D eigenvalue weighted by Crippen LogP contribution is -2.30. The average molecular weight is 288 g/mol. The molecular formula is C17H24N2S. The van der Waals surface area contributed by atoms with E-state index in [1.807, 2.05) is 11.3 Å². The van der Waals surface area contributed by atoms with Crippen LogP contribution in [-0.2, 0) is 13.0 Å². The summed E-state index contributed by atoms with van der Waals surface area (Å²) in [6.45, 7) is 6.37. The molecule has 0 unspecified atom stereocenters. The molecule has 1 heterocycles. The maximum atomic E-state index is 3.52. The second kappa shape index (κ2) is 8.20. The second-order valence-electron chi connectivity index (χ2n) is 5.31. The number of rotatable bonds is 8. The van der Waals surface area contributed by atoms with Gasteiger partial charge in [0.15, 0.2) is 0 Å². The van der Waals surface area contributed by atoms with Gasteiger partial charge in [-0.1, -0.05) is 35.9 Å². The molecule has 108 valence electrons. The fourth-order valence-corrected chi connectivity index (χ4v) is 2.97. The van der Waals surface area contributed by atoms with Crippen LogP contribution in [0.2, 0.25) is 0 Å². The normalized spacial score (nSPS) is 11.2. The van der Waals surface area contributed by atoms with E-state index in [2.05, 4.69) is 66.0 Å². The minimum absolute atomic E-state index is 1.02. The van der Waals surface area contributed by atoms with Crippen molar-refractivity contribution in [3.63, 3.8) is 0 Å². The molecule has 0 aliphatic carbocycles. The summed E-state index contributed by atoms with van der Waals surface area (Å²) in [6, 6.07) is 13.1. The molecule has 0 radical (unpaired) electrons. The van der Waals surface area contributed by atoms with Gasteiger partial charge < -0.3 is 10.2 Å². The third-order valence-corrected chi connectivity index (χ3v) is 4.27. The van der Waals surface area contributed by atoms with Crippen LogP contribution in [0.4, 0.5) is 0 Å². The van der Waals surface area contributed by atoms with Crippen molar-refractivity contribution >= 4 is 11.3 Å². The maximum Gasteiger partial charge on any atom is 0.0231 e. The monoisotopic (exact) mass is 288 g/mol. The molecule has 0 amide bonds. The van der Waals surface area contributed by atoms with Crippen molar-refractivity contribution in [1.29, 1.82) is 0 Å². The van der Waals surface area contributed by atoms with E-state index in [1.54, 1.807) is 0 Å². The Hall–Kier alpha value is -1.16. The second-order valence-corrected chi connectivity index (χ2v) is 6.34. The van der Waals surface area contributed by atoms with Crippen molar-refractivity contribution < 1.29 is 0 Å². The molecule has 0 spiro atoms. The first-order valence-corrected chi connectivity index (χ1v) is 8.09. The third-order valence-electron chi connectivity index (χ3n) is 3.33. The number of thiophene rings is 1. The number of nitrogens with one attached hydrogen (secondary N) is 1. The van der Waals surface area contributed by atoms with Gasteiger partial charge in [0.2, 0.25) is 0 Å². The number of hydrogen-bond acceptors (Lipinski definition) is 3. The van der Waals surface area contributed by atoms with Gasteiger partial charge in [0, 0.05) is 31.1 Å². The van der Waals surface area contributed by atoms with Gasteiger partial charge in [0.05, 0.1) is 0 Å². The molecule has 0 saturated carbocycles. The summed E-state index contributed by atoms with van der Waals surface area (Å²) in [5.74, 6) is 0. The van der Waals surface area contributed by atoms with E-state index in [1.165, 1.54) is 16.0 Å². The molecule has 0 atom stereocenters. The zero-order chi connectivity index (χ0) is 14.2. The Kier molecular flexibility index (Phi) is 6.25. The van der Waals surface area contributed by atoms with E-state index < -0.39 is 0 Å². The zero-order valence-electron chi connectivity index (χ0n) is 12.4. The Morgan fingerprint density at radius 1 is 1.15 bits per heavy atom. The number of aryl methyl sites for hydroxylation is 1. The average Bonchev–Trinajstić information content (AvgIpc) is 2.91. The minimum Gasteiger partial charge on any atom is -0.315 e. The lowest BCUT2D eigenvalue weighted by Gasteiger charge is -2.17. The Bertz CT molecular complexity index is 493. The van der Waals surface area contributed by atoms with E-state index in [-0.39, 0.29) is 0 Å². The molecule has 2 nitrogen and oxygen atoms in total. The largest absolute Gasteiger partial charge is 0.315 e. The van der Waals surface area contributed by atoms with E-state index in [0.717, 1.165) is 32.6 Å². The van der Waals surface area contributed by atoms with Crippen LogP contribution in [0, 0.1) is 6.92 Å². The summed E-state index contributed by atoms with van der Waals surface area (Å²) in [5, 5.41) is 5.66. The summed E-state index contributed by atoms with van der Waals surface area (Å²) >= 11 is 1.84. The van der Waals surface area contributed by atoms with Crippen molar-refractivity contribution in [2.45, 2.75) is 19.9 Å². The number of likely N-dealkylation sites (N-methyl/N-ethyl adjacent to an activating group) is 1. The van der Waals surface area contributed by atoms with Crippen LogP contribution in [0.1, 0.15) is 16.0 Å². The molecule has 2 rings (SSSR count). The smallest absolute Gasteiger partial charge is 0.0231 e. The van der Waals surface area contributed by atoms with Crippen molar-refractivity contribution in [1.82, 2.24) is 10.2 Å². The number of hydrogen-bond donors (Lipinski definition) is 1. The van der Waals surface area contributed by atoms with Crippen LogP contribution in [0.5, 0.6) is 0 Å². The fourth-order valence-electron chi connectivity index (χ4n) is 2.26. The Labute approximate surface area is 126 Å². The Morgan fingerprint density at radius 2 is 2.05 bits per heavy atom. The Balaban J connectivity index is 1.59. The van der Waals surface area contributed by atoms with Gasteiger partial charge in [-0.2, -0.15) is 0 Å². The van der Waals surface area contributed by atoms with Crippen LogP contribution in [0.25, 0.3) is 0 Å². The lowest BCUT2D eigenvalue weighted by atomic mass is 10.1. The number of nitrogens with zero attached hydrogens (tertiary/aromatic N) is 1. The summed E-state index contributed by atoms with van der Waals surface area (Å²) in [6.07, 6.45) is 1.14. The van der Waals surface area contributed by atoms with E-state index in [9.17, 15) is 0 Å². The molecule has 0 fully saturated rings. The molecular weight excluding hydrogens is 264 g/mol. The standard InChI is InChI=1S/C17H24N2S/c1-15-5-3-6-16(13-15)14-19(2)11-10-18-9-8-17-7-4-12-20-17/h3-7,12-13,18H,8-11,14H2,1-2H3. The van der Waals surface area contributed by atoms with Gasteiger partial charge >= 0.3 is 0 Å². The van der Waals surface area contributed by atoms with E-state index in [4.69, 9.17) is 0 Å². The summed E-state index contributed by atoms with van der Waals surface area (Å²) in [4.78, 5) is 3.83. The molecule has 1 N–H and O–H groups in total. The molecule has 0 saturated heterocycles. The van der Waals surface area contributed by atoms with E-state index in [0.29, 0.717) is 0 Å². The van der Waals surface area contributed by atoms with Crippen molar-refractivity contribution in [2.24, 2.45) is 0 Å². The molecule has 20 heavy (non-hydrogen) atoms. The predicted octanol–water partition coefficient (Wildman–Crippen LogP) is 3.32. The highest BCUT2D eigenvalue weighted by atomic mass is 32.1. The first-order valence-electron chi connectivity index (χ1n) is 7.21. The molecule has 3 heteroatoms. The topological polar surface area (TPSA) is 15.3 Å². The van der Waals surface area contributed by atoms with Crippen LogP contribution in [-0.4, -0.2) is 31.6 Å². The number of benzene rings is 1. The quantitative estimate of drug-likeness (QED) is 0.750. The molecule has 2 aromatic rings. The summed E-state index contributed by atoms with van der Waals surface area (Å²) < 4.78 is 0. The van der Waals surface area contributed by atoms with Gasteiger partial charge in [0.25, 0.3) is 0 Å². The van der Waals surface area contributed by atoms with Gasteiger partial charge in [-0.05, 0) is 37.4 Å². The highest BCUT2D eigenvalue weighted by Gasteiger charge is 2.00. The van der Waals surface area contributed by atoms with Crippen molar-refractivity contribution in [2.75, 3.05) is 26.7 Å². The molecule has 0 aliphatic rings. The van der Waals surface area contributed by atoms with Crippen molar-refractivity contribution in [3.8, 4) is 0 Å². The van der Waals surface area contributed by atoms with Crippen molar-refractivity contribution in [3.05, 3.63) is 57.8 Å². The summed E-state index contributed by atoms with van der Waals surface area (Å²) in [5.41, 5.74) is 2.73. The van der Waals surface area contributed by atoms with Gasteiger partial charge in [-0.15, -0.1) is 11.3 Å². The fraction of sp³-hybridized carbons (Fsp3) is 0.412. The zero-order valence-corrected chi connectivity index (χ0v) is 13.2. The summed E-state index contributed by atoms with van der Waals surface area (Å²) in [7, 11) is 2.18. The Morgan fingerprint density at radius 3 is 2.80 bits per heavy atom. The molecule has 1 aromatic carbocycles. The van der Waals surface area contributed by atoms with Crippen LogP contribution >= 0.6 is 11.3 Å². The van der Waals surface area contributed by atoms with Gasteiger partial charge in [-0.25, -0.2) is 0 Å². The lowest BCUT2D eigenvalue weighted by molar-refractivity contribution is 0.325. The molecule has 1 aromatic heterocycles. The van der Waals surface area contributed by atoms with Crippen LogP contribution in [0.15, 0.2) is 41.8 Å². The SMILES string of the molecule is Cc1cccc(CN(C)CCNCCc2cccs2)c1. The first-order chi connectivity index (χ1) is 9.74. The first kappa shape index (κ1) is 15.2.